The van der Waals surface area contributed by atoms with Gasteiger partial charge in [0.15, 0.2) is 0 Å². The summed E-state index contributed by atoms with van der Waals surface area (Å²) in [5.41, 5.74) is 0.557. The molecule has 0 aliphatic carbocycles. The molecule has 2 aromatic rings. The Hall–Kier alpha value is -2.75. The largest absolute Gasteiger partial charge is 0.573 e. The number of para-hydroxylation sites is 2. The van der Waals surface area contributed by atoms with Crippen molar-refractivity contribution in [1.82, 2.24) is 0 Å². The van der Waals surface area contributed by atoms with E-state index < -0.39 is 27.0 Å². The smallest absolute Gasteiger partial charge is 0.406 e. The summed E-state index contributed by atoms with van der Waals surface area (Å²) < 4.78 is 68.4. The minimum absolute atomic E-state index is 0.123. The molecule has 27 heavy (non-hydrogen) atoms. The highest BCUT2D eigenvalue weighted by Crippen LogP contribution is 2.32. The molecule has 0 atom stereocenters. The Bertz CT molecular complexity index is 961. The van der Waals surface area contributed by atoms with Crippen LogP contribution in [0, 0.1) is 0 Å². The van der Waals surface area contributed by atoms with Gasteiger partial charge in [-0.05, 0) is 30.7 Å². The van der Waals surface area contributed by atoms with E-state index in [0.29, 0.717) is 25.1 Å². The molecule has 3 rings (SSSR count). The zero-order valence-corrected chi connectivity index (χ0v) is 14.7. The third-order valence-corrected chi connectivity index (χ3v) is 5.23. The minimum atomic E-state index is -4.93. The summed E-state index contributed by atoms with van der Waals surface area (Å²) in [6.07, 6.45) is -3.90. The van der Waals surface area contributed by atoms with Crippen LogP contribution in [-0.4, -0.2) is 27.2 Å². The Balaban J connectivity index is 1.90. The fourth-order valence-corrected chi connectivity index (χ4v) is 3.85. The average Bonchev–Trinajstić information content (AvgIpc) is 3.00. The molecular weight excluding hydrogens is 385 g/mol. The fourth-order valence-electron chi connectivity index (χ4n) is 2.74. The summed E-state index contributed by atoms with van der Waals surface area (Å²) in [5, 5.41) is 0. The van der Waals surface area contributed by atoms with Gasteiger partial charge in [0.25, 0.3) is 10.0 Å². The second kappa shape index (κ2) is 7.10. The molecule has 0 bridgehead atoms. The zero-order valence-electron chi connectivity index (χ0n) is 13.9. The van der Waals surface area contributed by atoms with Crippen LogP contribution in [-0.2, 0) is 14.8 Å². The van der Waals surface area contributed by atoms with Crippen LogP contribution >= 0.6 is 0 Å². The fraction of sp³-hybridized carbons (Fsp3) is 0.235. The summed E-state index contributed by atoms with van der Waals surface area (Å²) >= 11 is 0. The normalized spacial score (nSPS) is 15.1. The van der Waals surface area contributed by atoms with Crippen molar-refractivity contribution in [3.63, 3.8) is 0 Å². The van der Waals surface area contributed by atoms with Gasteiger partial charge < -0.3 is 9.64 Å². The molecule has 1 fully saturated rings. The average molecular weight is 400 g/mol. The highest BCUT2D eigenvalue weighted by Gasteiger charge is 2.31. The first kappa shape index (κ1) is 19.0. The first-order chi connectivity index (χ1) is 12.7. The second-order valence-electron chi connectivity index (χ2n) is 5.79. The lowest BCUT2D eigenvalue weighted by atomic mass is 10.2. The number of sulfonamides is 1. The van der Waals surface area contributed by atoms with E-state index in [1.54, 1.807) is 18.2 Å². The number of carbonyl (C=O) groups excluding carboxylic acids is 1. The molecule has 144 valence electrons. The number of carbonyl (C=O) groups is 1. The van der Waals surface area contributed by atoms with Crippen LogP contribution in [0.2, 0.25) is 0 Å². The molecule has 1 aliphatic heterocycles. The zero-order chi connectivity index (χ0) is 19.7. The van der Waals surface area contributed by atoms with E-state index in [0.717, 1.165) is 24.3 Å². The summed E-state index contributed by atoms with van der Waals surface area (Å²) in [5.74, 6) is -0.768. The standard InChI is InChI=1S/C17H15F3N2O4S/c18-17(19,20)26-12-5-3-6-13(11-12)27(24,25)21-14-7-1-2-8-15(14)22-10-4-9-16(22)23/h1-3,5-8,11,21H,4,9-10H2. The van der Waals surface area contributed by atoms with Crippen LogP contribution in [0.5, 0.6) is 5.75 Å². The van der Waals surface area contributed by atoms with E-state index in [1.807, 2.05) is 0 Å². The van der Waals surface area contributed by atoms with Gasteiger partial charge in [-0.25, -0.2) is 8.42 Å². The molecule has 0 saturated carbocycles. The van der Waals surface area contributed by atoms with Gasteiger partial charge in [-0.3, -0.25) is 9.52 Å². The monoisotopic (exact) mass is 400 g/mol. The number of ether oxygens (including phenoxy) is 1. The third kappa shape index (κ3) is 4.51. The minimum Gasteiger partial charge on any atom is -0.406 e. The lowest BCUT2D eigenvalue weighted by Crippen LogP contribution is -2.25. The number of hydrogen-bond acceptors (Lipinski definition) is 4. The van der Waals surface area contributed by atoms with Gasteiger partial charge in [-0.1, -0.05) is 18.2 Å². The first-order valence-corrected chi connectivity index (χ1v) is 9.42. The van der Waals surface area contributed by atoms with Gasteiger partial charge in [0.1, 0.15) is 5.75 Å². The SMILES string of the molecule is O=C1CCCN1c1ccccc1NS(=O)(=O)c1cccc(OC(F)(F)F)c1. The van der Waals surface area contributed by atoms with E-state index in [1.165, 1.54) is 11.0 Å². The Morgan fingerprint density at radius 3 is 2.48 bits per heavy atom. The third-order valence-electron chi connectivity index (χ3n) is 3.86. The van der Waals surface area contributed by atoms with Crippen molar-refractivity contribution >= 4 is 27.3 Å². The maximum atomic E-state index is 12.6. The molecule has 0 spiro atoms. The Kier molecular flexibility index (Phi) is 5.01. The molecule has 1 saturated heterocycles. The van der Waals surface area contributed by atoms with Crippen molar-refractivity contribution in [1.29, 1.82) is 0 Å². The van der Waals surface area contributed by atoms with Gasteiger partial charge in [-0.15, -0.1) is 13.2 Å². The maximum Gasteiger partial charge on any atom is 0.573 e. The molecule has 1 amide bonds. The van der Waals surface area contributed by atoms with Crippen LogP contribution in [0.25, 0.3) is 0 Å². The van der Waals surface area contributed by atoms with Gasteiger partial charge >= 0.3 is 6.36 Å². The van der Waals surface area contributed by atoms with Gasteiger partial charge in [0, 0.05) is 19.0 Å². The number of nitrogens with one attached hydrogen (secondary N) is 1. The summed E-state index contributed by atoms with van der Waals surface area (Å²) in [6, 6.07) is 10.4. The lowest BCUT2D eigenvalue weighted by molar-refractivity contribution is -0.274. The number of amides is 1. The molecular formula is C17H15F3N2O4S. The van der Waals surface area contributed by atoms with E-state index >= 15 is 0 Å². The van der Waals surface area contributed by atoms with Crippen LogP contribution in [0.1, 0.15) is 12.8 Å². The van der Waals surface area contributed by atoms with Crippen molar-refractivity contribution in [3.05, 3.63) is 48.5 Å². The Morgan fingerprint density at radius 2 is 1.81 bits per heavy atom. The molecule has 6 nitrogen and oxygen atoms in total. The molecule has 10 heteroatoms. The molecule has 0 aromatic heterocycles. The van der Waals surface area contributed by atoms with Gasteiger partial charge in [0.05, 0.1) is 16.3 Å². The molecule has 1 aliphatic rings. The van der Waals surface area contributed by atoms with E-state index in [-0.39, 0.29) is 11.6 Å². The van der Waals surface area contributed by atoms with Crippen molar-refractivity contribution < 1.29 is 31.1 Å². The Labute approximate surface area is 153 Å². The van der Waals surface area contributed by atoms with Crippen LogP contribution < -0.4 is 14.4 Å². The maximum absolute atomic E-state index is 12.6. The quantitative estimate of drug-likeness (QED) is 0.833. The van der Waals surface area contributed by atoms with Crippen LogP contribution in [0.15, 0.2) is 53.4 Å². The molecule has 1 heterocycles. The highest BCUT2D eigenvalue weighted by molar-refractivity contribution is 7.92. The number of hydrogen-bond donors (Lipinski definition) is 1. The molecule has 0 radical (unpaired) electrons. The first-order valence-electron chi connectivity index (χ1n) is 7.94. The number of anilines is 2. The predicted octanol–water partition coefficient (Wildman–Crippen LogP) is 3.51. The van der Waals surface area contributed by atoms with Crippen LogP contribution in [0.4, 0.5) is 24.5 Å². The summed E-state index contributed by atoms with van der Waals surface area (Å²) in [7, 11) is -4.20. The lowest BCUT2D eigenvalue weighted by Gasteiger charge is -2.20. The van der Waals surface area contributed by atoms with Gasteiger partial charge in [0.2, 0.25) is 5.91 Å². The van der Waals surface area contributed by atoms with E-state index in [4.69, 9.17) is 0 Å². The number of alkyl halides is 3. The van der Waals surface area contributed by atoms with Crippen molar-refractivity contribution in [2.45, 2.75) is 24.1 Å². The van der Waals surface area contributed by atoms with Gasteiger partial charge in [-0.2, -0.15) is 0 Å². The number of halogens is 3. The number of rotatable bonds is 5. The molecule has 1 N–H and O–H groups in total. The highest BCUT2D eigenvalue weighted by atomic mass is 32.2. The number of nitrogens with zero attached hydrogens (tertiary/aromatic N) is 1. The van der Waals surface area contributed by atoms with Crippen molar-refractivity contribution in [2.75, 3.05) is 16.2 Å². The topological polar surface area (TPSA) is 75.7 Å². The predicted molar refractivity (Wildman–Crippen MR) is 92.0 cm³/mol. The molecule has 2 aromatic carbocycles. The summed E-state index contributed by atoms with van der Waals surface area (Å²) in [6.45, 7) is 0.465. The number of benzene rings is 2. The van der Waals surface area contributed by atoms with Crippen molar-refractivity contribution in [3.8, 4) is 5.75 Å². The summed E-state index contributed by atoms with van der Waals surface area (Å²) in [4.78, 5) is 13.0. The van der Waals surface area contributed by atoms with Crippen LogP contribution in [0.3, 0.4) is 0 Å². The van der Waals surface area contributed by atoms with Crippen molar-refractivity contribution in [2.24, 2.45) is 0 Å². The van der Waals surface area contributed by atoms with E-state index in [9.17, 15) is 26.4 Å². The van der Waals surface area contributed by atoms with E-state index in [2.05, 4.69) is 9.46 Å². The Morgan fingerprint density at radius 1 is 1.07 bits per heavy atom. The molecule has 0 unspecified atom stereocenters. The second-order valence-corrected chi connectivity index (χ2v) is 7.48.